The molecule has 0 spiro atoms. The Morgan fingerprint density at radius 3 is 2.50 bits per heavy atom. The van der Waals surface area contributed by atoms with Crippen LogP contribution < -0.4 is 4.74 Å². The van der Waals surface area contributed by atoms with Crippen LogP contribution in [0.1, 0.15) is 30.7 Å². The fourth-order valence-electron chi connectivity index (χ4n) is 1.95. The van der Waals surface area contributed by atoms with Gasteiger partial charge in [0.25, 0.3) is 0 Å². The molecule has 0 aromatic carbocycles. The van der Waals surface area contributed by atoms with Gasteiger partial charge in [-0.15, -0.1) is 0 Å². The second kappa shape index (κ2) is 7.34. The number of hydrogen-bond donors (Lipinski definition) is 1. The molecule has 0 amide bonds. The van der Waals surface area contributed by atoms with Gasteiger partial charge in [-0.05, 0) is 38.6 Å². The SMILES string of the molecule is CCN(CC)CCOc1nc(C)cc(C)c1CO. The zero-order valence-corrected chi connectivity index (χ0v) is 11.9. The van der Waals surface area contributed by atoms with Crippen molar-refractivity contribution in [3.63, 3.8) is 0 Å². The second-order valence-corrected chi connectivity index (χ2v) is 4.40. The molecule has 1 heterocycles. The van der Waals surface area contributed by atoms with E-state index in [0.717, 1.165) is 36.5 Å². The smallest absolute Gasteiger partial charge is 0.219 e. The summed E-state index contributed by atoms with van der Waals surface area (Å²) < 4.78 is 5.71. The van der Waals surface area contributed by atoms with Gasteiger partial charge in [0.05, 0.1) is 6.61 Å². The number of rotatable bonds is 7. The number of nitrogens with zero attached hydrogens (tertiary/aromatic N) is 2. The minimum Gasteiger partial charge on any atom is -0.476 e. The molecule has 0 aliphatic carbocycles. The molecule has 4 nitrogen and oxygen atoms in total. The van der Waals surface area contributed by atoms with Crippen molar-refractivity contribution in [1.29, 1.82) is 0 Å². The Morgan fingerprint density at radius 2 is 1.94 bits per heavy atom. The molecule has 0 saturated carbocycles. The lowest BCUT2D eigenvalue weighted by Crippen LogP contribution is -2.28. The summed E-state index contributed by atoms with van der Waals surface area (Å²) in [5.41, 5.74) is 2.74. The third kappa shape index (κ3) is 3.96. The quantitative estimate of drug-likeness (QED) is 0.805. The average Bonchev–Trinajstić information content (AvgIpc) is 2.34. The molecule has 0 aliphatic heterocycles. The number of pyridine rings is 1. The van der Waals surface area contributed by atoms with E-state index in [-0.39, 0.29) is 6.61 Å². The maximum absolute atomic E-state index is 9.36. The Labute approximate surface area is 110 Å². The summed E-state index contributed by atoms with van der Waals surface area (Å²) in [5, 5.41) is 9.36. The summed E-state index contributed by atoms with van der Waals surface area (Å²) in [6.45, 7) is 11.7. The molecule has 1 aromatic rings. The highest BCUT2D eigenvalue weighted by atomic mass is 16.5. The Bertz CT molecular complexity index is 376. The van der Waals surface area contributed by atoms with Crippen LogP contribution in [0.15, 0.2) is 6.07 Å². The summed E-state index contributed by atoms with van der Waals surface area (Å²) in [6.07, 6.45) is 0. The van der Waals surface area contributed by atoms with Crippen LogP contribution in [0.2, 0.25) is 0 Å². The number of aliphatic hydroxyl groups excluding tert-OH is 1. The molecule has 0 atom stereocenters. The Hall–Kier alpha value is -1.13. The van der Waals surface area contributed by atoms with E-state index >= 15 is 0 Å². The normalized spacial score (nSPS) is 11.0. The Kier molecular flexibility index (Phi) is 6.09. The van der Waals surface area contributed by atoms with E-state index in [1.54, 1.807) is 0 Å². The van der Waals surface area contributed by atoms with Crippen LogP contribution in [0.5, 0.6) is 5.88 Å². The van der Waals surface area contributed by atoms with Crippen LogP contribution in [0.4, 0.5) is 0 Å². The van der Waals surface area contributed by atoms with Crippen molar-refractivity contribution in [2.24, 2.45) is 0 Å². The van der Waals surface area contributed by atoms with Gasteiger partial charge in [-0.25, -0.2) is 4.98 Å². The number of hydrogen-bond acceptors (Lipinski definition) is 4. The number of aromatic nitrogens is 1. The maximum atomic E-state index is 9.36. The van der Waals surface area contributed by atoms with Gasteiger partial charge in [-0.3, -0.25) is 0 Å². The van der Waals surface area contributed by atoms with Crippen molar-refractivity contribution in [1.82, 2.24) is 9.88 Å². The molecule has 18 heavy (non-hydrogen) atoms. The standard InChI is InChI=1S/C14H24N2O2/c1-5-16(6-2)7-8-18-14-13(10-17)11(3)9-12(4)15-14/h9,17H,5-8,10H2,1-4H3. The van der Waals surface area contributed by atoms with E-state index in [1.165, 1.54) is 0 Å². The first-order valence-electron chi connectivity index (χ1n) is 6.55. The Balaban J connectivity index is 2.66. The molecule has 102 valence electrons. The van der Waals surface area contributed by atoms with Crippen LogP contribution in [-0.2, 0) is 6.61 Å². The number of likely N-dealkylation sites (N-methyl/N-ethyl adjacent to an activating group) is 1. The zero-order valence-electron chi connectivity index (χ0n) is 11.9. The summed E-state index contributed by atoms with van der Waals surface area (Å²) in [6, 6.07) is 1.96. The summed E-state index contributed by atoms with van der Waals surface area (Å²) >= 11 is 0. The maximum Gasteiger partial charge on any atom is 0.219 e. The van der Waals surface area contributed by atoms with Crippen molar-refractivity contribution in [2.45, 2.75) is 34.3 Å². The van der Waals surface area contributed by atoms with E-state index in [2.05, 4.69) is 23.7 Å². The molecular formula is C14H24N2O2. The van der Waals surface area contributed by atoms with Crippen LogP contribution in [0.3, 0.4) is 0 Å². The lowest BCUT2D eigenvalue weighted by molar-refractivity contribution is 0.209. The molecule has 0 saturated heterocycles. The van der Waals surface area contributed by atoms with E-state index < -0.39 is 0 Å². The van der Waals surface area contributed by atoms with Gasteiger partial charge in [-0.2, -0.15) is 0 Å². The van der Waals surface area contributed by atoms with Crippen molar-refractivity contribution < 1.29 is 9.84 Å². The van der Waals surface area contributed by atoms with E-state index in [0.29, 0.717) is 12.5 Å². The molecule has 1 aromatic heterocycles. The highest BCUT2D eigenvalue weighted by molar-refractivity contribution is 5.35. The minimum absolute atomic E-state index is 0.0281. The fraction of sp³-hybridized carbons (Fsp3) is 0.643. The van der Waals surface area contributed by atoms with Gasteiger partial charge >= 0.3 is 0 Å². The predicted octanol–water partition coefficient (Wildman–Crippen LogP) is 1.91. The lowest BCUT2D eigenvalue weighted by atomic mass is 10.1. The van der Waals surface area contributed by atoms with Crippen molar-refractivity contribution in [2.75, 3.05) is 26.2 Å². The number of aliphatic hydroxyl groups is 1. The topological polar surface area (TPSA) is 45.6 Å². The lowest BCUT2D eigenvalue weighted by Gasteiger charge is -2.19. The summed E-state index contributed by atoms with van der Waals surface area (Å²) in [4.78, 5) is 6.65. The third-order valence-corrected chi connectivity index (χ3v) is 3.14. The van der Waals surface area contributed by atoms with Crippen LogP contribution in [0.25, 0.3) is 0 Å². The largest absolute Gasteiger partial charge is 0.476 e. The third-order valence-electron chi connectivity index (χ3n) is 3.14. The van der Waals surface area contributed by atoms with Crippen molar-refractivity contribution in [3.8, 4) is 5.88 Å². The molecule has 0 aliphatic rings. The molecule has 0 unspecified atom stereocenters. The van der Waals surface area contributed by atoms with Crippen LogP contribution in [-0.4, -0.2) is 41.2 Å². The molecule has 1 N–H and O–H groups in total. The van der Waals surface area contributed by atoms with Gasteiger partial charge in [0.15, 0.2) is 0 Å². The van der Waals surface area contributed by atoms with E-state index in [4.69, 9.17) is 4.74 Å². The first-order valence-corrected chi connectivity index (χ1v) is 6.55. The molecule has 4 heteroatoms. The second-order valence-electron chi connectivity index (χ2n) is 4.40. The molecule has 0 fully saturated rings. The number of aryl methyl sites for hydroxylation is 2. The highest BCUT2D eigenvalue weighted by Crippen LogP contribution is 2.20. The first kappa shape index (κ1) is 14.9. The van der Waals surface area contributed by atoms with Gasteiger partial charge in [0, 0.05) is 17.8 Å². The van der Waals surface area contributed by atoms with Gasteiger partial charge in [0.2, 0.25) is 5.88 Å². The Morgan fingerprint density at radius 1 is 1.28 bits per heavy atom. The number of ether oxygens (including phenoxy) is 1. The predicted molar refractivity (Wildman–Crippen MR) is 72.9 cm³/mol. The van der Waals surface area contributed by atoms with Gasteiger partial charge in [-0.1, -0.05) is 13.8 Å². The average molecular weight is 252 g/mol. The monoisotopic (exact) mass is 252 g/mol. The summed E-state index contributed by atoms with van der Waals surface area (Å²) in [5.74, 6) is 0.571. The molecule has 0 radical (unpaired) electrons. The van der Waals surface area contributed by atoms with Crippen molar-refractivity contribution >= 4 is 0 Å². The minimum atomic E-state index is -0.0281. The van der Waals surface area contributed by atoms with Crippen molar-refractivity contribution in [3.05, 3.63) is 22.9 Å². The van der Waals surface area contributed by atoms with Crippen LogP contribution in [0, 0.1) is 13.8 Å². The molecule has 1 rings (SSSR count). The van der Waals surface area contributed by atoms with E-state index in [1.807, 2.05) is 19.9 Å². The van der Waals surface area contributed by atoms with Crippen LogP contribution >= 0.6 is 0 Å². The molecule has 0 bridgehead atoms. The molecular weight excluding hydrogens is 228 g/mol. The highest BCUT2D eigenvalue weighted by Gasteiger charge is 2.09. The van der Waals surface area contributed by atoms with Gasteiger partial charge in [0.1, 0.15) is 6.61 Å². The van der Waals surface area contributed by atoms with Gasteiger partial charge < -0.3 is 14.7 Å². The first-order chi connectivity index (χ1) is 8.62. The zero-order chi connectivity index (χ0) is 13.5. The fourth-order valence-corrected chi connectivity index (χ4v) is 1.95. The van der Waals surface area contributed by atoms with E-state index in [9.17, 15) is 5.11 Å². The summed E-state index contributed by atoms with van der Waals surface area (Å²) in [7, 11) is 0.